The highest BCUT2D eigenvalue weighted by Gasteiger charge is 2.17. The number of aromatic carboxylic acids is 2. The Morgan fingerprint density at radius 2 is 1.12 bits per heavy atom. The van der Waals surface area contributed by atoms with Crippen LogP contribution >= 0.6 is 0 Å². The van der Waals surface area contributed by atoms with Crippen LogP contribution in [0.15, 0.2) is 54.6 Å². The molecule has 0 saturated carbocycles. The maximum Gasteiger partial charge on any atom is 0.335 e. The minimum atomic E-state index is -1.11. The van der Waals surface area contributed by atoms with Crippen molar-refractivity contribution in [2.45, 2.75) is 6.92 Å². The highest BCUT2D eigenvalue weighted by atomic mass is 16.4. The molecule has 0 atom stereocenters. The van der Waals surface area contributed by atoms with Crippen molar-refractivity contribution in [1.29, 1.82) is 0 Å². The lowest BCUT2D eigenvalue weighted by Gasteiger charge is -2.06. The number of carbonyl (C=O) groups is 4. The lowest BCUT2D eigenvalue weighted by atomic mass is 9.95. The standard InChI is InChI=1S/C10H6O2.C9H8O4/c11-9-5-6-10(12)8-4-2-1-3-7(8)9;1-5-6(8(10)11)3-2-4-7(5)9(12)13/h1-6H;2-4H,1H3,(H,10,11)(H,12,13). The Morgan fingerprint density at radius 3 is 1.48 bits per heavy atom. The Bertz CT molecular complexity index is 839. The molecule has 25 heavy (non-hydrogen) atoms. The highest BCUT2D eigenvalue weighted by Crippen LogP contribution is 2.15. The molecule has 0 saturated heterocycles. The highest BCUT2D eigenvalue weighted by molar-refractivity contribution is 6.21. The quantitative estimate of drug-likeness (QED) is 0.871. The van der Waals surface area contributed by atoms with Gasteiger partial charge in [-0.25, -0.2) is 9.59 Å². The van der Waals surface area contributed by atoms with Crippen LogP contribution in [0.5, 0.6) is 0 Å². The summed E-state index contributed by atoms with van der Waals surface area (Å²) in [7, 11) is 0. The molecule has 0 radical (unpaired) electrons. The molecule has 0 unspecified atom stereocenters. The van der Waals surface area contributed by atoms with Gasteiger partial charge < -0.3 is 10.2 Å². The van der Waals surface area contributed by atoms with E-state index in [9.17, 15) is 19.2 Å². The van der Waals surface area contributed by atoms with Gasteiger partial charge in [0, 0.05) is 11.1 Å². The van der Waals surface area contributed by atoms with E-state index < -0.39 is 11.9 Å². The number of carboxylic acids is 2. The molecular formula is C19H14O6. The van der Waals surface area contributed by atoms with Crippen molar-refractivity contribution in [2.75, 3.05) is 0 Å². The molecule has 2 aromatic rings. The van der Waals surface area contributed by atoms with Gasteiger partial charge in [0.25, 0.3) is 0 Å². The molecule has 3 rings (SSSR count). The third-order valence-electron chi connectivity index (χ3n) is 3.64. The Balaban J connectivity index is 0.000000181. The first kappa shape index (κ1) is 17.8. The second-order valence-corrected chi connectivity index (χ2v) is 5.20. The molecule has 2 aromatic carbocycles. The van der Waals surface area contributed by atoms with E-state index in [1.54, 1.807) is 24.3 Å². The van der Waals surface area contributed by atoms with Crippen molar-refractivity contribution in [3.63, 3.8) is 0 Å². The first-order chi connectivity index (χ1) is 11.8. The van der Waals surface area contributed by atoms with E-state index in [0.29, 0.717) is 11.1 Å². The van der Waals surface area contributed by atoms with E-state index >= 15 is 0 Å². The fourth-order valence-electron chi connectivity index (χ4n) is 2.34. The Morgan fingerprint density at radius 1 is 0.720 bits per heavy atom. The molecule has 6 heteroatoms. The van der Waals surface area contributed by atoms with E-state index in [0.717, 1.165) is 0 Å². The molecule has 1 aliphatic carbocycles. The monoisotopic (exact) mass is 338 g/mol. The van der Waals surface area contributed by atoms with Crippen LogP contribution in [0.4, 0.5) is 0 Å². The predicted molar refractivity (Wildman–Crippen MR) is 89.3 cm³/mol. The second kappa shape index (κ2) is 7.35. The number of hydrogen-bond donors (Lipinski definition) is 2. The van der Waals surface area contributed by atoms with Gasteiger partial charge in [0.2, 0.25) is 0 Å². The number of allylic oxidation sites excluding steroid dienone is 2. The zero-order valence-electron chi connectivity index (χ0n) is 13.2. The number of benzene rings is 2. The fourth-order valence-corrected chi connectivity index (χ4v) is 2.34. The Labute approximate surface area is 143 Å². The summed E-state index contributed by atoms with van der Waals surface area (Å²) in [5, 5.41) is 17.4. The first-order valence-corrected chi connectivity index (χ1v) is 7.25. The van der Waals surface area contributed by atoms with Crippen LogP contribution in [0.2, 0.25) is 0 Å². The van der Waals surface area contributed by atoms with Gasteiger partial charge in [-0.1, -0.05) is 30.3 Å². The zero-order chi connectivity index (χ0) is 18.6. The number of hydrogen-bond acceptors (Lipinski definition) is 4. The van der Waals surface area contributed by atoms with Gasteiger partial charge in [-0.3, -0.25) is 9.59 Å². The van der Waals surface area contributed by atoms with Crippen LogP contribution in [-0.2, 0) is 0 Å². The third kappa shape index (κ3) is 3.87. The molecule has 0 aliphatic heterocycles. The van der Waals surface area contributed by atoms with Crippen LogP contribution in [0.25, 0.3) is 0 Å². The molecule has 0 aromatic heterocycles. The van der Waals surface area contributed by atoms with Crippen LogP contribution < -0.4 is 0 Å². The number of carboxylic acid groups (broad SMARTS) is 2. The van der Waals surface area contributed by atoms with E-state index in [4.69, 9.17) is 10.2 Å². The Hall–Kier alpha value is -3.54. The fraction of sp³-hybridized carbons (Fsp3) is 0.0526. The largest absolute Gasteiger partial charge is 0.478 e. The van der Waals surface area contributed by atoms with Gasteiger partial charge in [-0.15, -0.1) is 0 Å². The molecule has 2 N–H and O–H groups in total. The van der Waals surface area contributed by atoms with E-state index in [-0.39, 0.29) is 28.3 Å². The lowest BCUT2D eigenvalue weighted by Crippen LogP contribution is -2.10. The number of carbonyl (C=O) groups excluding carboxylic acids is 2. The molecule has 0 bridgehead atoms. The van der Waals surface area contributed by atoms with Crippen molar-refractivity contribution in [3.05, 3.63) is 82.4 Å². The molecule has 1 aliphatic rings. The van der Waals surface area contributed by atoms with E-state index in [1.807, 2.05) is 0 Å². The molecular weight excluding hydrogens is 324 g/mol. The van der Waals surface area contributed by atoms with Crippen LogP contribution in [0, 0.1) is 6.92 Å². The molecule has 126 valence electrons. The average molecular weight is 338 g/mol. The summed E-state index contributed by atoms with van der Waals surface area (Å²) in [6.45, 7) is 1.48. The van der Waals surface area contributed by atoms with Gasteiger partial charge in [0.15, 0.2) is 11.6 Å². The first-order valence-electron chi connectivity index (χ1n) is 7.25. The maximum atomic E-state index is 11.2. The Kier molecular flexibility index (Phi) is 5.24. The number of ketones is 2. The van der Waals surface area contributed by atoms with Gasteiger partial charge in [-0.2, -0.15) is 0 Å². The minimum Gasteiger partial charge on any atom is -0.478 e. The van der Waals surface area contributed by atoms with E-state index in [1.165, 1.54) is 37.3 Å². The minimum absolute atomic E-state index is 0.0277. The van der Waals surface area contributed by atoms with E-state index in [2.05, 4.69) is 0 Å². The summed E-state index contributed by atoms with van der Waals surface area (Å²) in [6, 6.07) is 11.0. The normalized spacial score (nSPS) is 12.0. The smallest absolute Gasteiger partial charge is 0.335 e. The molecule has 0 spiro atoms. The molecule has 0 fully saturated rings. The SMILES string of the molecule is Cc1c(C(=O)O)cccc1C(=O)O.O=C1C=CC(=O)c2ccccc21. The van der Waals surface area contributed by atoms with Crippen molar-refractivity contribution in [1.82, 2.24) is 0 Å². The van der Waals surface area contributed by atoms with Crippen molar-refractivity contribution < 1.29 is 29.4 Å². The zero-order valence-corrected chi connectivity index (χ0v) is 13.2. The number of rotatable bonds is 2. The summed E-state index contributed by atoms with van der Waals surface area (Å²) in [5.41, 5.74) is 1.34. The van der Waals surface area contributed by atoms with Gasteiger partial charge in [0.05, 0.1) is 11.1 Å². The van der Waals surface area contributed by atoms with Gasteiger partial charge in [-0.05, 0) is 36.8 Å². The van der Waals surface area contributed by atoms with Gasteiger partial charge >= 0.3 is 11.9 Å². The number of fused-ring (bicyclic) bond motifs is 1. The van der Waals surface area contributed by atoms with Crippen molar-refractivity contribution >= 4 is 23.5 Å². The molecule has 0 amide bonds. The third-order valence-corrected chi connectivity index (χ3v) is 3.64. The second-order valence-electron chi connectivity index (χ2n) is 5.20. The van der Waals surface area contributed by atoms with Crippen LogP contribution in [-0.4, -0.2) is 33.7 Å². The van der Waals surface area contributed by atoms with Crippen LogP contribution in [0.1, 0.15) is 47.0 Å². The predicted octanol–water partition coefficient (Wildman–Crippen LogP) is 3.01. The summed E-state index contributed by atoms with van der Waals surface area (Å²) < 4.78 is 0. The molecule has 6 nitrogen and oxygen atoms in total. The lowest BCUT2D eigenvalue weighted by molar-refractivity contribution is 0.0695. The van der Waals surface area contributed by atoms with Crippen LogP contribution in [0.3, 0.4) is 0 Å². The van der Waals surface area contributed by atoms with Gasteiger partial charge in [0.1, 0.15) is 0 Å². The maximum absolute atomic E-state index is 11.2. The summed E-state index contributed by atoms with van der Waals surface area (Å²) in [4.78, 5) is 43.6. The average Bonchev–Trinajstić information content (AvgIpc) is 2.59. The summed E-state index contributed by atoms with van der Waals surface area (Å²) in [6.07, 6.45) is 2.62. The topological polar surface area (TPSA) is 109 Å². The molecule has 0 heterocycles. The summed E-state index contributed by atoms with van der Waals surface area (Å²) in [5.74, 6) is -2.41. The van der Waals surface area contributed by atoms with Crippen molar-refractivity contribution in [2.24, 2.45) is 0 Å². The van der Waals surface area contributed by atoms with Crippen molar-refractivity contribution in [3.8, 4) is 0 Å². The summed E-state index contributed by atoms with van der Waals surface area (Å²) >= 11 is 0.